The predicted molar refractivity (Wildman–Crippen MR) is 149 cm³/mol. The van der Waals surface area contributed by atoms with E-state index in [1.165, 1.54) is 43.6 Å². The Kier molecular flexibility index (Phi) is 7.63. The molecule has 192 valence electrons. The molecule has 0 aliphatic carbocycles. The van der Waals surface area contributed by atoms with Crippen LogP contribution in [0.4, 0.5) is 4.39 Å². The molecule has 4 aromatic rings. The third kappa shape index (κ3) is 5.58. The maximum atomic E-state index is 14.6. The number of hydrogen-bond donors (Lipinski definition) is 1. The minimum atomic E-state index is -0.435. The highest BCUT2D eigenvalue weighted by Gasteiger charge is 2.18. The monoisotopic (exact) mass is 518 g/mol. The van der Waals surface area contributed by atoms with Gasteiger partial charge in [0.05, 0.1) is 24.3 Å². The Hall–Kier alpha value is -3.15. The summed E-state index contributed by atoms with van der Waals surface area (Å²) in [6.07, 6.45) is 6.46. The first-order valence-electron chi connectivity index (χ1n) is 12.8. The maximum absolute atomic E-state index is 14.6. The lowest BCUT2D eigenvalue weighted by atomic mass is 9.97. The summed E-state index contributed by atoms with van der Waals surface area (Å²) < 4.78 is 26.2. The molecule has 1 unspecified atom stereocenters. The van der Waals surface area contributed by atoms with Gasteiger partial charge in [0.1, 0.15) is 5.75 Å². The molecular formula is C31H32ClFN2O2. The number of pyridine rings is 1. The van der Waals surface area contributed by atoms with Gasteiger partial charge in [0, 0.05) is 28.8 Å². The van der Waals surface area contributed by atoms with Gasteiger partial charge in [-0.05, 0) is 75.0 Å². The number of fused-ring (bicyclic) bond motifs is 1. The van der Waals surface area contributed by atoms with Crippen molar-refractivity contribution in [1.82, 2.24) is 10.3 Å². The lowest BCUT2D eigenvalue weighted by Gasteiger charge is -2.24. The molecule has 3 aromatic carbocycles. The number of benzene rings is 3. The van der Waals surface area contributed by atoms with Crippen molar-refractivity contribution in [1.29, 1.82) is 0 Å². The summed E-state index contributed by atoms with van der Waals surface area (Å²) >= 11 is 6.68. The summed E-state index contributed by atoms with van der Waals surface area (Å²) in [6, 6.07) is 15.6. The number of methoxy groups -OCH3 is 1. The van der Waals surface area contributed by atoms with E-state index in [2.05, 4.69) is 37.4 Å². The topological polar surface area (TPSA) is 43.4 Å². The van der Waals surface area contributed by atoms with Gasteiger partial charge >= 0.3 is 0 Å². The van der Waals surface area contributed by atoms with Gasteiger partial charge < -0.3 is 14.8 Å². The van der Waals surface area contributed by atoms with Gasteiger partial charge in [0.2, 0.25) is 0 Å². The molecule has 6 heteroatoms. The van der Waals surface area contributed by atoms with E-state index in [9.17, 15) is 4.39 Å². The molecule has 1 aliphatic heterocycles. The molecule has 0 amide bonds. The van der Waals surface area contributed by atoms with Crippen LogP contribution in [0.15, 0.2) is 54.7 Å². The average Bonchev–Trinajstić information content (AvgIpc) is 2.88. The van der Waals surface area contributed by atoms with E-state index >= 15 is 0 Å². The van der Waals surface area contributed by atoms with Crippen molar-refractivity contribution in [3.8, 4) is 33.8 Å². The zero-order chi connectivity index (χ0) is 25.9. The lowest BCUT2D eigenvalue weighted by Crippen LogP contribution is -2.35. The van der Waals surface area contributed by atoms with Crippen LogP contribution >= 0.6 is 11.6 Å². The Morgan fingerprint density at radius 2 is 1.81 bits per heavy atom. The largest absolute Gasteiger partial charge is 0.494 e. The number of rotatable bonds is 7. The van der Waals surface area contributed by atoms with Crippen LogP contribution < -0.4 is 14.8 Å². The fourth-order valence-electron chi connectivity index (χ4n) is 5.21. The fraction of sp³-hybridized carbons (Fsp3) is 0.323. The van der Waals surface area contributed by atoms with E-state index < -0.39 is 5.82 Å². The SMILES string of the molecule is COc1ccc(-c2cc3c(OCCC4CCCCN4)c(-c4cc(C)cc(C)c4)cnc3cc2Cl)cc1F. The molecule has 5 rings (SSSR count). The van der Waals surface area contributed by atoms with E-state index in [0.717, 1.165) is 40.7 Å². The Morgan fingerprint density at radius 3 is 2.51 bits per heavy atom. The lowest BCUT2D eigenvalue weighted by molar-refractivity contribution is 0.271. The van der Waals surface area contributed by atoms with Crippen LogP contribution in [0, 0.1) is 19.7 Å². The second-order valence-corrected chi connectivity index (χ2v) is 10.3. The molecule has 0 spiro atoms. The van der Waals surface area contributed by atoms with Crippen LogP contribution in [0.1, 0.15) is 36.8 Å². The van der Waals surface area contributed by atoms with E-state index in [0.29, 0.717) is 28.8 Å². The standard InChI is InChI=1S/C31H32ClFN2O2/c1-19-12-20(2)14-22(13-19)26-18-35-29-17-27(32)24(21-7-8-30(36-3)28(33)15-21)16-25(29)31(26)37-11-9-23-6-4-5-10-34-23/h7-8,12-18,23,34H,4-6,9-11H2,1-3H3. The second kappa shape index (κ2) is 11.1. The number of nitrogens with zero attached hydrogens (tertiary/aromatic N) is 1. The minimum Gasteiger partial charge on any atom is -0.494 e. The highest BCUT2D eigenvalue weighted by molar-refractivity contribution is 6.34. The minimum absolute atomic E-state index is 0.194. The summed E-state index contributed by atoms with van der Waals surface area (Å²) in [5.74, 6) is 0.534. The molecule has 4 nitrogen and oxygen atoms in total. The first kappa shape index (κ1) is 25.5. The summed E-state index contributed by atoms with van der Waals surface area (Å²) in [5, 5.41) is 4.95. The van der Waals surface area contributed by atoms with Gasteiger partial charge in [-0.1, -0.05) is 53.4 Å². The normalized spacial score (nSPS) is 15.6. The van der Waals surface area contributed by atoms with Crippen molar-refractivity contribution in [2.75, 3.05) is 20.3 Å². The Labute approximate surface area is 222 Å². The van der Waals surface area contributed by atoms with Crippen molar-refractivity contribution in [3.63, 3.8) is 0 Å². The molecule has 1 aromatic heterocycles. The molecule has 1 saturated heterocycles. The number of halogens is 2. The third-order valence-corrected chi connectivity index (χ3v) is 7.34. The fourth-order valence-corrected chi connectivity index (χ4v) is 5.48. The van der Waals surface area contributed by atoms with Crippen LogP contribution in [0.25, 0.3) is 33.2 Å². The molecule has 1 atom stereocenters. The molecule has 37 heavy (non-hydrogen) atoms. The highest BCUT2D eigenvalue weighted by Crippen LogP contribution is 2.41. The summed E-state index contributed by atoms with van der Waals surface area (Å²) in [4.78, 5) is 4.75. The molecule has 1 N–H and O–H groups in total. The van der Waals surface area contributed by atoms with E-state index in [1.54, 1.807) is 6.07 Å². The molecule has 2 heterocycles. The summed E-state index contributed by atoms with van der Waals surface area (Å²) in [6.45, 7) is 5.84. The maximum Gasteiger partial charge on any atom is 0.165 e. The second-order valence-electron chi connectivity index (χ2n) is 9.86. The van der Waals surface area contributed by atoms with E-state index in [4.69, 9.17) is 26.1 Å². The number of hydrogen-bond acceptors (Lipinski definition) is 4. The van der Waals surface area contributed by atoms with Gasteiger partial charge in [-0.15, -0.1) is 0 Å². The quantitative estimate of drug-likeness (QED) is 0.270. The molecule has 0 saturated carbocycles. The first-order chi connectivity index (χ1) is 17.9. The van der Waals surface area contributed by atoms with Crippen molar-refractivity contribution in [2.24, 2.45) is 0 Å². The van der Waals surface area contributed by atoms with E-state index in [-0.39, 0.29) is 5.75 Å². The average molecular weight is 519 g/mol. The Morgan fingerprint density at radius 1 is 1.00 bits per heavy atom. The molecular weight excluding hydrogens is 487 g/mol. The van der Waals surface area contributed by atoms with Crippen molar-refractivity contribution < 1.29 is 13.9 Å². The van der Waals surface area contributed by atoms with Crippen LogP contribution in [-0.4, -0.2) is 31.3 Å². The third-order valence-electron chi connectivity index (χ3n) is 7.03. The zero-order valence-electron chi connectivity index (χ0n) is 21.5. The molecule has 0 radical (unpaired) electrons. The summed E-state index contributed by atoms with van der Waals surface area (Å²) in [5.41, 5.74) is 6.47. The molecule has 1 fully saturated rings. The van der Waals surface area contributed by atoms with Gasteiger partial charge in [-0.2, -0.15) is 0 Å². The van der Waals surface area contributed by atoms with Gasteiger partial charge in [0.25, 0.3) is 0 Å². The zero-order valence-corrected chi connectivity index (χ0v) is 22.3. The predicted octanol–water partition coefficient (Wildman–Crippen LogP) is 7.90. The molecule has 1 aliphatic rings. The van der Waals surface area contributed by atoms with Crippen LogP contribution in [-0.2, 0) is 0 Å². The first-order valence-corrected chi connectivity index (χ1v) is 13.2. The van der Waals surface area contributed by atoms with Crippen molar-refractivity contribution >= 4 is 22.5 Å². The number of aryl methyl sites for hydroxylation is 2. The number of aromatic nitrogens is 1. The van der Waals surface area contributed by atoms with Crippen molar-refractivity contribution in [2.45, 2.75) is 45.6 Å². The smallest absolute Gasteiger partial charge is 0.165 e. The van der Waals surface area contributed by atoms with Crippen LogP contribution in [0.3, 0.4) is 0 Å². The number of ether oxygens (including phenoxy) is 2. The van der Waals surface area contributed by atoms with Gasteiger partial charge in [-0.3, -0.25) is 4.98 Å². The summed E-state index contributed by atoms with van der Waals surface area (Å²) in [7, 11) is 1.45. The number of nitrogens with one attached hydrogen (secondary N) is 1. The van der Waals surface area contributed by atoms with Gasteiger partial charge in [0.15, 0.2) is 11.6 Å². The molecule has 0 bridgehead atoms. The van der Waals surface area contributed by atoms with Crippen LogP contribution in [0.5, 0.6) is 11.5 Å². The Balaban J connectivity index is 1.61. The van der Waals surface area contributed by atoms with Crippen LogP contribution in [0.2, 0.25) is 5.02 Å². The number of piperidine rings is 1. The van der Waals surface area contributed by atoms with Gasteiger partial charge in [-0.25, -0.2) is 4.39 Å². The van der Waals surface area contributed by atoms with E-state index in [1.807, 2.05) is 24.4 Å². The van der Waals surface area contributed by atoms with Crippen molar-refractivity contribution in [3.05, 3.63) is 76.7 Å². The highest BCUT2D eigenvalue weighted by atomic mass is 35.5. The Bertz CT molecular complexity index is 1410.